The number of pyridine rings is 1. The third kappa shape index (κ3) is 4.78. The zero-order chi connectivity index (χ0) is 23.4. The van der Waals surface area contributed by atoms with Crippen molar-refractivity contribution in [3.8, 4) is 5.75 Å². The number of thioether (sulfide) groups is 1. The summed E-state index contributed by atoms with van der Waals surface area (Å²) in [7, 11) is 2.96. The molecule has 9 heteroatoms. The minimum absolute atomic E-state index is 0.133. The molecule has 2 aliphatic rings. The first-order valence-corrected chi connectivity index (χ1v) is 11.2. The standard InChI is InChI=1S/C24H24N4O4S/c1-15-21(23(30)32-3)22(17-6-8-19(31-2)9-7-17)28-18(14-33-24(28)27-15)11-20(29)26-13-16-5-4-10-25-12-16/h4-10,12,14,22H,11,13H2,1-3H3,(H,26,29)/t22-/m1/s1. The molecule has 2 aromatic rings. The van der Waals surface area contributed by atoms with E-state index in [-0.39, 0.29) is 12.3 Å². The molecule has 170 valence electrons. The Bertz CT molecular complexity index is 1140. The molecule has 0 saturated carbocycles. The molecule has 0 bridgehead atoms. The Balaban J connectivity index is 1.60. The Hall–Kier alpha value is -3.59. The van der Waals surface area contributed by atoms with Crippen LogP contribution < -0.4 is 10.1 Å². The summed E-state index contributed by atoms with van der Waals surface area (Å²) in [6, 6.07) is 10.8. The van der Waals surface area contributed by atoms with Crippen molar-refractivity contribution < 1.29 is 19.1 Å². The molecule has 1 N–H and O–H groups in total. The van der Waals surface area contributed by atoms with Crippen molar-refractivity contribution in [2.75, 3.05) is 14.2 Å². The summed E-state index contributed by atoms with van der Waals surface area (Å²) in [6.45, 7) is 2.19. The number of nitrogens with one attached hydrogen (secondary N) is 1. The van der Waals surface area contributed by atoms with Crippen LogP contribution in [0.2, 0.25) is 0 Å². The highest BCUT2D eigenvalue weighted by Gasteiger charge is 2.40. The van der Waals surface area contributed by atoms with Crippen LogP contribution in [-0.4, -0.2) is 41.1 Å². The summed E-state index contributed by atoms with van der Waals surface area (Å²) in [4.78, 5) is 36.1. The number of nitrogens with zero attached hydrogens (tertiary/aromatic N) is 3. The fourth-order valence-corrected chi connectivity index (χ4v) is 4.74. The first-order valence-electron chi connectivity index (χ1n) is 10.3. The lowest BCUT2D eigenvalue weighted by Crippen LogP contribution is -2.37. The van der Waals surface area contributed by atoms with Gasteiger partial charge in [-0.05, 0) is 41.7 Å². The normalized spacial score (nSPS) is 17.2. The van der Waals surface area contributed by atoms with Gasteiger partial charge >= 0.3 is 5.97 Å². The number of amides is 1. The number of hydrogen-bond donors (Lipinski definition) is 1. The molecule has 1 amide bonds. The number of benzene rings is 1. The van der Waals surface area contributed by atoms with Crippen LogP contribution in [0.4, 0.5) is 0 Å². The van der Waals surface area contributed by atoms with E-state index in [1.165, 1.54) is 18.9 Å². The van der Waals surface area contributed by atoms with E-state index in [4.69, 9.17) is 9.47 Å². The average Bonchev–Trinajstić information content (AvgIpc) is 3.23. The van der Waals surface area contributed by atoms with E-state index in [0.29, 0.717) is 23.6 Å². The number of fused-ring (bicyclic) bond motifs is 1. The van der Waals surface area contributed by atoms with Gasteiger partial charge in [0.1, 0.15) is 5.75 Å². The second kappa shape index (κ2) is 9.91. The number of carbonyl (C=O) groups is 2. The number of methoxy groups -OCH3 is 2. The molecule has 0 aliphatic carbocycles. The van der Waals surface area contributed by atoms with Crippen molar-refractivity contribution in [2.24, 2.45) is 4.99 Å². The number of hydrogen-bond acceptors (Lipinski definition) is 8. The monoisotopic (exact) mass is 464 g/mol. The highest BCUT2D eigenvalue weighted by Crippen LogP contribution is 2.45. The lowest BCUT2D eigenvalue weighted by atomic mass is 9.94. The van der Waals surface area contributed by atoms with Crippen LogP contribution in [0, 0.1) is 0 Å². The van der Waals surface area contributed by atoms with E-state index >= 15 is 0 Å². The van der Waals surface area contributed by atoms with Crippen molar-refractivity contribution in [1.82, 2.24) is 15.2 Å². The molecule has 0 radical (unpaired) electrons. The lowest BCUT2D eigenvalue weighted by Gasteiger charge is -2.36. The predicted octanol–water partition coefficient (Wildman–Crippen LogP) is 3.54. The molecule has 3 heterocycles. The fourth-order valence-electron chi connectivity index (χ4n) is 3.77. The van der Waals surface area contributed by atoms with Gasteiger partial charge in [0.2, 0.25) is 5.91 Å². The number of carbonyl (C=O) groups excluding carboxylic acids is 2. The van der Waals surface area contributed by atoms with E-state index in [9.17, 15) is 9.59 Å². The smallest absolute Gasteiger partial charge is 0.338 e. The van der Waals surface area contributed by atoms with Crippen LogP contribution in [-0.2, 0) is 20.9 Å². The number of aliphatic imine (C=N–C) groups is 1. The second-order valence-corrected chi connectivity index (χ2v) is 8.31. The van der Waals surface area contributed by atoms with Crippen molar-refractivity contribution in [3.05, 3.63) is 82.3 Å². The van der Waals surface area contributed by atoms with E-state index < -0.39 is 12.0 Å². The molecule has 0 unspecified atom stereocenters. The largest absolute Gasteiger partial charge is 0.497 e. The molecule has 1 aromatic heterocycles. The minimum atomic E-state index is -0.469. The molecule has 8 nitrogen and oxygen atoms in total. The van der Waals surface area contributed by atoms with E-state index in [0.717, 1.165) is 22.0 Å². The van der Waals surface area contributed by atoms with Crippen molar-refractivity contribution in [1.29, 1.82) is 0 Å². The van der Waals surface area contributed by atoms with Crippen LogP contribution in [0.15, 0.2) is 76.2 Å². The zero-order valence-electron chi connectivity index (χ0n) is 18.6. The SMILES string of the molecule is COC(=O)C1=C(C)N=C2SC=C(CC(=O)NCc3cccnc3)N2[C@@H]1c1ccc(OC)cc1. The van der Waals surface area contributed by atoms with Gasteiger partial charge < -0.3 is 19.7 Å². The van der Waals surface area contributed by atoms with Gasteiger partial charge in [-0.25, -0.2) is 9.79 Å². The maximum absolute atomic E-state index is 12.7. The summed E-state index contributed by atoms with van der Waals surface area (Å²) < 4.78 is 10.4. The molecule has 1 atom stereocenters. The summed E-state index contributed by atoms with van der Waals surface area (Å²) in [5.74, 6) is 0.129. The van der Waals surface area contributed by atoms with Crippen molar-refractivity contribution in [2.45, 2.75) is 25.9 Å². The molecule has 33 heavy (non-hydrogen) atoms. The quantitative estimate of drug-likeness (QED) is 0.627. The van der Waals surface area contributed by atoms with Gasteiger partial charge in [0, 0.05) is 24.6 Å². The summed E-state index contributed by atoms with van der Waals surface area (Å²) in [5.41, 5.74) is 3.58. The lowest BCUT2D eigenvalue weighted by molar-refractivity contribution is -0.136. The van der Waals surface area contributed by atoms with Gasteiger partial charge in [-0.15, -0.1) is 0 Å². The first-order chi connectivity index (χ1) is 16.0. The van der Waals surface area contributed by atoms with E-state index in [1.807, 2.05) is 46.7 Å². The Morgan fingerprint density at radius 1 is 1.18 bits per heavy atom. The van der Waals surface area contributed by atoms with Crippen LogP contribution >= 0.6 is 11.8 Å². The number of rotatable bonds is 7. The number of aromatic nitrogens is 1. The number of allylic oxidation sites excluding steroid dienone is 1. The zero-order valence-corrected chi connectivity index (χ0v) is 19.4. The molecule has 0 saturated heterocycles. The maximum atomic E-state index is 12.7. The Labute approximate surface area is 196 Å². The molecular weight excluding hydrogens is 440 g/mol. The number of amidine groups is 1. The van der Waals surface area contributed by atoms with E-state index in [2.05, 4.69) is 15.3 Å². The van der Waals surface area contributed by atoms with Gasteiger partial charge in [0.05, 0.1) is 38.0 Å². The van der Waals surface area contributed by atoms with Crippen molar-refractivity contribution in [3.63, 3.8) is 0 Å². The topological polar surface area (TPSA) is 93.1 Å². The summed E-state index contributed by atoms with van der Waals surface area (Å²) in [6.07, 6.45) is 3.56. The predicted molar refractivity (Wildman–Crippen MR) is 126 cm³/mol. The maximum Gasteiger partial charge on any atom is 0.338 e. The van der Waals surface area contributed by atoms with Gasteiger partial charge in [-0.1, -0.05) is 30.0 Å². The van der Waals surface area contributed by atoms with Gasteiger partial charge in [0.25, 0.3) is 0 Å². The second-order valence-electron chi connectivity index (χ2n) is 7.47. The van der Waals surface area contributed by atoms with Crippen molar-refractivity contribution >= 4 is 28.8 Å². The Morgan fingerprint density at radius 2 is 1.97 bits per heavy atom. The van der Waals surface area contributed by atoms with Gasteiger partial charge in [-0.2, -0.15) is 0 Å². The van der Waals surface area contributed by atoms with Crippen LogP contribution in [0.5, 0.6) is 5.75 Å². The van der Waals surface area contributed by atoms with Crippen LogP contribution in [0.25, 0.3) is 0 Å². The number of ether oxygens (including phenoxy) is 2. The first kappa shape index (κ1) is 22.6. The minimum Gasteiger partial charge on any atom is -0.497 e. The number of esters is 1. The van der Waals surface area contributed by atoms with Crippen LogP contribution in [0.1, 0.15) is 30.5 Å². The third-order valence-electron chi connectivity index (χ3n) is 5.39. The molecule has 0 fully saturated rings. The highest BCUT2D eigenvalue weighted by molar-refractivity contribution is 8.16. The van der Waals surface area contributed by atoms with E-state index in [1.54, 1.807) is 26.4 Å². The average molecular weight is 465 g/mol. The Morgan fingerprint density at radius 3 is 2.64 bits per heavy atom. The summed E-state index contributed by atoms with van der Waals surface area (Å²) >= 11 is 1.43. The molecular formula is C24H24N4O4S. The third-order valence-corrected chi connectivity index (χ3v) is 6.28. The van der Waals surface area contributed by atoms with Gasteiger partial charge in [0.15, 0.2) is 5.17 Å². The van der Waals surface area contributed by atoms with Crippen LogP contribution in [0.3, 0.4) is 0 Å². The van der Waals surface area contributed by atoms with Gasteiger partial charge in [-0.3, -0.25) is 9.78 Å². The molecule has 4 rings (SSSR count). The molecule has 2 aliphatic heterocycles. The Kier molecular flexibility index (Phi) is 6.79. The summed E-state index contributed by atoms with van der Waals surface area (Å²) in [5, 5.41) is 5.56. The highest BCUT2D eigenvalue weighted by atomic mass is 32.2. The molecule has 0 spiro atoms. The molecule has 1 aromatic carbocycles. The fraction of sp³-hybridized carbons (Fsp3) is 0.250.